The summed E-state index contributed by atoms with van der Waals surface area (Å²) in [6.07, 6.45) is -2.27. The summed E-state index contributed by atoms with van der Waals surface area (Å²) in [7, 11) is -4.53. The maximum atomic E-state index is 13.7. The van der Waals surface area contributed by atoms with Gasteiger partial charge in [-0.2, -0.15) is 13.2 Å². The second-order valence-corrected chi connectivity index (χ2v) is 12.8. The number of hydrogen-bond donors (Lipinski definition) is 2. The van der Waals surface area contributed by atoms with E-state index in [9.17, 15) is 31.2 Å². The molecule has 2 aromatic rings. The van der Waals surface area contributed by atoms with E-state index in [1.165, 1.54) is 29.2 Å². The summed E-state index contributed by atoms with van der Waals surface area (Å²) in [6.45, 7) is 2.12. The van der Waals surface area contributed by atoms with Crippen LogP contribution in [0.3, 0.4) is 0 Å². The Bertz CT molecular complexity index is 1350. The third-order valence-corrected chi connectivity index (χ3v) is 9.47. The molecule has 218 valence electrons. The molecule has 2 aromatic carbocycles. The first-order valence-corrected chi connectivity index (χ1v) is 14.9. The number of anilines is 1. The van der Waals surface area contributed by atoms with Crippen LogP contribution in [0.2, 0.25) is 10.0 Å². The van der Waals surface area contributed by atoms with Gasteiger partial charge in [0.1, 0.15) is 6.54 Å². The molecule has 1 unspecified atom stereocenters. The number of amides is 3. The van der Waals surface area contributed by atoms with Gasteiger partial charge in [-0.15, -0.1) is 0 Å². The molecule has 4 rings (SSSR count). The van der Waals surface area contributed by atoms with Crippen LogP contribution < -0.4 is 14.9 Å². The normalized spacial score (nSPS) is 19.7. The second kappa shape index (κ2) is 12.0. The van der Waals surface area contributed by atoms with Crippen LogP contribution in [0.15, 0.2) is 47.4 Å². The molecule has 2 fully saturated rings. The van der Waals surface area contributed by atoms with Gasteiger partial charge in [0.25, 0.3) is 10.0 Å². The lowest BCUT2D eigenvalue weighted by atomic mass is 9.87. The predicted octanol–water partition coefficient (Wildman–Crippen LogP) is 5.15. The molecular weight excluding hydrogens is 592 g/mol. The smallest absolute Gasteiger partial charge is 0.341 e. The van der Waals surface area contributed by atoms with E-state index in [2.05, 4.69) is 10.6 Å². The van der Waals surface area contributed by atoms with Crippen molar-refractivity contribution in [3.63, 3.8) is 0 Å². The molecule has 14 heteroatoms. The highest BCUT2D eigenvalue weighted by Gasteiger charge is 2.36. The van der Waals surface area contributed by atoms with Crippen molar-refractivity contribution in [3.8, 4) is 0 Å². The minimum atomic E-state index is -4.77. The molecule has 2 atom stereocenters. The van der Waals surface area contributed by atoms with E-state index in [4.69, 9.17) is 23.2 Å². The number of piperidine rings is 1. The van der Waals surface area contributed by atoms with Gasteiger partial charge in [0.15, 0.2) is 0 Å². The van der Waals surface area contributed by atoms with Crippen LogP contribution in [0.25, 0.3) is 0 Å². The maximum absolute atomic E-state index is 13.7. The van der Waals surface area contributed by atoms with Crippen LogP contribution in [-0.2, 0) is 21.0 Å². The number of sulfonamides is 1. The summed E-state index contributed by atoms with van der Waals surface area (Å²) in [5.74, 6) is -0.524. The van der Waals surface area contributed by atoms with Crippen molar-refractivity contribution in [2.75, 3.05) is 30.5 Å². The summed E-state index contributed by atoms with van der Waals surface area (Å²) >= 11 is 12.1. The number of nitrogens with zero attached hydrogens (tertiary/aromatic N) is 2. The quantitative estimate of drug-likeness (QED) is 0.426. The molecule has 1 aliphatic carbocycles. The highest BCUT2D eigenvalue weighted by atomic mass is 35.5. The first-order valence-electron chi connectivity index (χ1n) is 12.7. The van der Waals surface area contributed by atoms with Crippen LogP contribution in [-0.4, -0.2) is 57.5 Å². The topological polar surface area (TPSA) is 98.8 Å². The van der Waals surface area contributed by atoms with Crippen LogP contribution in [0, 0.1) is 11.8 Å². The van der Waals surface area contributed by atoms with Gasteiger partial charge in [-0.05, 0) is 73.6 Å². The van der Waals surface area contributed by atoms with Gasteiger partial charge in [-0.3, -0.25) is 9.10 Å². The van der Waals surface area contributed by atoms with Crippen molar-refractivity contribution in [2.45, 2.75) is 43.3 Å². The zero-order valence-corrected chi connectivity index (χ0v) is 23.9. The number of benzene rings is 2. The molecule has 0 spiro atoms. The standard InChI is InChI=1S/C26H29Cl2F3N4O4S/c1-16-10-11-34(14-17(16)13-32-25(37)33-20-5-6-20)24(36)15-35(40(38,39)21-7-3-19(27)4-8-21)23-12-18(26(29,30)31)2-9-22(23)28/h2-4,7-9,12,16-17,20H,5-6,10-11,13-15H2,1H3,(H2,32,33,37)/t16?,17-/m0/s1. The van der Waals surface area contributed by atoms with Crippen LogP contribution >= 0.6 is 23.2 Å². The van der Waals surface area contributed by atoms with E-state index in [0.29, 0.717) is 29.9 Å². The van der Waals surface area contributed by atoms with Crippen molar-refractivity contribution in [1.82, 2.24) is 15.5 Å². The third-order valence-electron chi connectivity index (χ3n) is 7.13. The van der Waals surface area contributed by atoms with Gasteiger partial charge in [0.05, 0.1) is 21.2 Å². The number of urea groups is 1. The Morgan fingerprint density at radius 2 is 1.75 bits per heavy atom. The van der Waals surface area contributed by atoms with Crippen molar-refractivity contribution in [2.24, 2.45) is 11.8 Å². The first kappa shape index (κ1) is 30.3. The molecule has 3 amide bonds. The summed E-state index contributed by atoms with van der Waals surface area (Å²) in [5, 5.41) is 5.65. The monoisotopic (exact) mass is 620 g/mol. The minimum Gasteiger partial charge on any atom is -0.341 e. The fourth-order valence-electron chi connectivity index (χ4n) is 4.47. The molecule has 40 heavy (non-hydrogen) atoms. The SMILES string of the molecule is CC1CCN(C(=O)CN(c2cc(C(F)(F)F)ccc2Cl)S(=O)(=O)c2ccc(Cl)cc2)C[C@@H]1CNC(=O)NC1CC1. The molecular formula is C26H29Cl2F3N4O4S. The van der Waals surface area contributed by atoms with Crippen molar-refractivity contribution in [1.29, 1.82) is 0 Å². The Morgan fingerprint density at radius 1 is 1.07 bits per heavy atom. The Labute approximate surface area is 240 Å². The van der Waals surface area contributed by atoms with Gasteiger partial charge < -0.3 is 15.5 Å². The number of likely N-dealkylation sites (tertiary alicyclic amines) is 1. The summed E-state index contributed by atoms with van der Waals surface area (Å²) < 4.78 is 68.5. The number of alkyl halides is 3. The molecule has 2 N–H and O–H groups in total. The van der Waals surface area contributed by atoms with Crippen LogP contribution in [0.4, 0.5) is 23.7 Å². The van der Waals surface area contributed by atoms with Gasteiger partial charge in [-0.1, -0.05) is 30.1 Å². The van der Waals surface area contributed by atoms with Crippen LogP contribution in [0.1, 0.15) is 31.7 Å². The predicted molar refractivity (Wildman–Crippen MR) is 146 cm³/mol. The largest absolute Gasteiger partial charge is 0.416 e. The Morgan fingerprint density at radius 3 is 2.38 bits per heavy atom. The van der Waals surface area contributed by atoms with E-state index in [1.54, 1.807) is 0 Å². The van der Waals surface area contributed by atoms with Crippen molar-refractivity contribution < 1.29 is 31.2 Å². The highest BCUT2D eigenvalue weighted by molar-refractivity contribution is 7.92. The lowest BCUT2D eigenvalue weighted by molar-refractivity contribution is -0.137. The van der Waals surface area contributed by atoms with E-state index in [-0.39, 0.29) is 45.4 Å². The molecule has 8 nitrogen and oxygen atoms in total. The van der Waals surface area contributed by atoms with Gasteiger partial charge in [0, 0.05) is 30.7 Å². The number of nitrogens with one attached hydrogen (secondary N) is 2. The van der Waals surface area contributed by atoms with Crippen molar-refractivity contribution >= 4 is 50.9 Å². The molecule has 1 heterocycles. The third kappa shape index (κ3) is 7.32. The summed E-state index contributed by atoms with van der Waals surface area (Å²) in [6, 6.07) is 7.27. The van der Waals surface area contributed by atoms with Gasteiger partial charge in [-0.25, -0.2) is 13.2 Å². The van der Waals surface area contributed by atoms with E-state index in [1.807, 2.05) is 6.92 Å². The first-order chi connectivity index (χ1) is 18.8. The van der Waals surface area contributed by atoms with Gasteiger partial charge >= 0.3 is 12.2 Å². The van der Waals surface area contributed by atoms with E-state index < -0.39 is 39.9 Å². The lowest BCUT2D eigenvalue weighted by Crippen LogP contribution is -2.51. The Kier molecular flexibility index (Phi) is 9.11. The highest BCUT2D eigenvalue weighted by Crippen LogP contribution is 2.37. The number of halogens is 5. The average molecular weight is 622 g/mol. The summed E-state index contributed by atoms with van der Waals surface area (Å²) in [5.41, 5.74) is -1.59. The van der Waals surface area contributed by atoms with E-state index >= 15 is 0 Å². The number of carbonyl (C=O) groups excluding carboxylic acids is 2. The molecule has 0 aromatic heterocycles. The average Bonchev–Trinajstić information content (AvgIpc) is 3.70. The molecule has 1 saturated carbocycles. The Hall–Kier alpha value is -2.70. The van der Waals surface area contributed by atoms with E-state index in [0.717, 1.165) is 25.0 Å². The fourth-order valence-corrected chi connectivity index (χ4v) is 6.29. The molecule has 0 bridgehead atoms. The number of hydrogen-bond acceptors (Lipinski definition) is 4. The molecule has 1 aliphatic heterocycles. The van der Waals surface area contributed by atoms with Gasteiger partial charge in [0.2, 0.25) is 5.91 Å². The van der Waals surface area contributed by atoms with Crippen molar-refractivity contribution in [3.05, 3.63) is 58.1 Å². The Balaban J connectivity index is 1.59. The minimum absolute atomic E-state index is 0.0962. The molecule has 2 aliphatic rings. The van der Waals surface area contributed by atoms with Crippen LogP contribution in [0.5, 0.6) is 0 Å². The zero-order chi connectivity index (χ0) is 29.2. The second-order valence-electron chi connectivity index (χ2n) is 10.1. The lowest BCUT2D eigenvalue weighted by Gasteiger charge is -2.38. The molecule has 1 saturated heterocycles. The zero-order valence-electron chi connectivity index (χ0n) is 21.5. The number of carbonyl (C=O) groups is 2. The fraction of sp³-hybridized carbons (Fsp3) is 0.462. The maximum Gasteiger partial charge on any atom is 0.416 e. The molecule has 0 radical (unpaired) electrons. The number of rotatable bonds is 8. The summed E-state index contributed by atoms with van der Waals surface area (Å²) in [4.78, 5) is 26.8.